The Labute approximate surface area is 134 Å². The second-order valence-corrected chi connectivity index (χ2v) is 5.53. The SMILES string of the molecule is CCn1nc(C)c2nn(CC(=O)NC(C)c3ccncc3)cc21. The largest absolute Gasteiger partial charge is 0.348 e. The van der Waals surface area contributed by atoms with E-state index >= 15 is 0 Å². The van der Waals surface area contributed by atoms with Crippen LogP contribution in [0.1, 0.15) is 31.1 Å². The molecule has 23 heavy (non-hydrogen) atoms. The van der Waals surface area contributed by atoms with Gasteiger partial charge in [-0.2, -0.15) is 10.2 Å². The third-order valence-corrected chi connectivity index (χ3v) is 3.82. The number of hydrogen-bond donors (Lipinski definition) is 1. The van der Waals surface area contributed by atoms with E-state index in [0.717, 1.165) is 28.8 Å². The van der Waals surface area contributed by atoms with Crippen molar-refractivity contribution < 1.29 is 4.79 Å². The Balaban J connectivity index is 1.70. The summed E-state index contributed by atoms with van der Waals surface area (Å²) >= 11 is 0. The Morgan fingerprint density at radius 3 is 2.74 bits per heavy atom. The lowest BCUT2D eigenvalue weighted by molar-refractivity contribution is -0.122. The lowest BCUT2D eigenvalue weighted by Crippen LogP contribution is -2.30. The molecule has 7 heteroatoms. The van der Waals surface area contributed by atoms with E-state index < -0.39 is 0 Å². The van der Waals surface area contributed by atoms with Crippen LogP contribution in [0.25, 0.3) is 11.0 Å². The first-order valence-electron chi connectivity index (χ1n) is 7.68. The van der Waals surface area contributed by atoms with E-state index in [4.69, 9.17) is 0 Å². The zero-order chi connectivity index (χ0) is 16.4. The van der Waals surface area contributed by atoms with E-state index in [-0.39, 0.29) is 18.5 Å². The minimum atomic E-state index is -0.0758. The van der Waals surface area contributed by atoms with Crippen LogP contribution in [0.4, 0.5) is 0 Å². The first-order chi connectivity index (χ1) is 11.1. The molecule has 0 spiro atoms. The smallest absolute Gasteiger partial charge is 0.242 e. The van der Waals surface area contributed by atoms with E-state index in [9.17, 15) is 4.79 Å². The average Bonchev–Trinajstić information content (AvgIpc) is 3.08. The fraction of sp³-hybridized carbons (Fsp3) is 0.375. The van der Waals surface area contributed by atoms with Gasteiger partial charge >= 0.3 is 0 Å². The van der Waals surface area contributed by atoms with Crippen molar-refractivity contribution in [3.63, 3.8) is 0 Å². The normalized spacial score (nSPS) is 12.5. The average molecular weight is 312 g/mol. The maximum atomic E-state index is 12.2. The molecule has 0 aromatic carbocycles. The summed E-state index contributed by atoms with van der Waals surface area (Å²) in [4.78, 5) is 16.2. The van der Waals surface area contributed by atoms with Crippen LogP contribution >= 0.6 is 0 Å². The van der Waals surface area contributed by atoms with Crippen LogP contribution in [0.5, 0.6) is 0 Å². The summed E-state index contributed by atoms with van der Waals surface area (Å²) in [5.74, 6) is -0.0758. The summed E-state index contributed by atoms with van der Waals surface area (Å²) in [5, 5.41) is 11.8. The van der Waals surface area contributed by atoms with Crippen LogP contribution in [0, 0.1) is 6.92 Å². The number of aryl methyl sites for hydroxylation is 2. The molecule has 7 nitrogen and oxygen atoms in total. The Kier molecular flexibility index (Phi) is 4.10. The molecular weight excluding hydrogens is 292 g/mol. The molecule has 0 fully saturated rings. The van der Waals surface area contributed by atoms with Gasteiger partial charge in [-0.25, -0.2) is 0 Å². The standard InChI is InChI=1S/C16H20N6O/c1-4-22-14-9-21(20-16(14)12(3)19-22)10-15(23)18-11(2)13-5-7-17-8-6-13/h5-9,11H,4,10H2,1-3H3,(H,18,23). The van der Waals surface area contributed by atoms with Crippen molar-refractivity contribution in [2.24, 2.45) is 0 Å². The summed E-state index contributed by atoms with van der Waals surface area (Å²) in [6.07, 6.45) is 5.31. The number of fused-ring (bicyclic) bond motifs is 1. The topological polar surface area (TPSA) is 77.6 Å². The molecule has 3 aromatic heterocycles. The molecule has 3 heterocycles. The molecule has 1 N–H and O–H groups in total. The third-order valence-electron chi connectivity index (χ3n) is 3.82. The van der Waals surface area contributed by atoms with Gasteiger partial charge in [0, 0.05) is 18.9 Å². The molecule has 0 saturated carbocycles. The zero-order valence-electron chi connectivity index (χ0n) is 13.5. The van der Waals surface area contributed by atoms with Crippen LogP contribution in [0.15, 0.2) is 30.7 Å². The number of amides is 1. The molecule has 1 unspecified atom stereocenters. The van der Waals surface area contributed by atoms with Crippen molar-refractivity contribution in [3.05, 3.63) is 42.0 Å². The number of nitrogens with zero attached hydrogens (tertiary/aromatic N) is 5. The quantitative estimate of drug-likeness (QED) is 0.779. The van der Waals surface area contributed by atoms with Crippen LogP contribution < -0.4 is 5.32 Å². The second-order valence-electron chi connectivity index (χ2n) is 5.53. The molecule has 0 radical (unpaired) electrons. The van der Waals surface area contributed by atoms with Gasteiger partial charge in [0.05, 0.1) is 17.9 Å². The van der Waals surface area contributed by atoms with Gasteiger partial charge in [-0.1, -0.05) is 0 Å². The van der Waals surface area contributed by atoms with Crippen molar-refractivity contribution in [1.29, 1.82) is 0 Å². The predicted molar refractivity (Wildman–Crippen MR) is 86.7 cm³/mol. The summed E-state index contributed by atoms with van der Waals surface area (Å²) in [5.41, 5.74) is 3.71. The lowest BCUT2D eigenvalue weighted by atomic mass is 10.1. The number of aromatic nitrogens is 5. The predicted octanol–water partition coefficient (Wildman–Crippen LogP) is 1.83. The molecule has 0 bridgehead atoms. The minimum Gasteiger partial charge on any atom is -0.348 e. The zero-order valence-corrected chi connectivity index (χ0v) is 13.5. The highest BCUT2D eigenvalue weighted by molar-refractivity contribution is 5.79. The van der Waals surface area contributed by atoms with Crippen molar-refractivity contribution in [1.82, 2.24) is 29.9 Å². The highest BCUT2D eigenvalue weighted by Crippen LogP contribution is 2.16. The number of rotatable bonds is 5. The number of hydrogen-bond acceptors (Lipinski definition) is 4. The maximum Gasteiger partial charge on any atom is 0.242 e. The molecule has 1 atom stereocenters. The Morgan fingerprint density at radius 2 is 2.04 bits per heavy atom. The van der Waals surface area contributed by atoms with Crippen molar-refractivity contribution in [2.45, 2.75) is 39.9 Å². The molecule has 0 aliphatic carbocycles. The van der Waals surface area contributed by atoms with Crippen LogP contribution in [0.2, 0.25) is 0 Å². The third kappa shape index (κ3) is 3.08. The molecule has 0 aliphatic heterocycles. The molecule has 1 amide bonds. The summed E-state index contributed by atoms with van der Waals surface area (Å²) in [6, 6.07) is 3.72. The number of carbonyl (C=O) groups is 1. The van der Waals surface area contributed by atoms with Crippen LogP contribution in [-0.4, -0.2) is 30.5 Å². The fourth-order valence-corrected chi connectivity index (χ4v) is 2.63. The van der Waals surface area contributed by atoms with Crippen LogP contribution in [-0.2, 0) is 17.9 Å². The first-order valence-corrected chi connectivity index (χ1v) is 7.68. The molecule has 3 aromatic rings. The van der Waals surface area contributed by atoms with Gasteiger partial charge < -0.3 is 5.32 Å². The van der Waals surface area contributed by atoms with Crippen LogP contribution in [0.3, 0.4) is 0 Å². The van der Waals surface area contributed by atoms with Crippen molar-refractivity contribution >= 4 is 16.9 Å². The molecule has 120 valence electrons. The molecule has 3 rings (SSSR count). The van der Waals surface area contributed by atoms with E-state index in [0.29, 0.717) is 0 Å². The number of pyridine rings is 1. The Morgan fingerprint density at radius 1 is 1.30 bits per heavy atom. The maximum absolute atomic E-state index is 12.2. The summed E-state index contributed by atoms with van der Waals surface area (Å²) in [6.45, 7) is 6.88. The van der Waals surface area contributed by atoms with E-state index in [2.05, 4.69) is 20.5 Å². The first kappa shape index (κ1) is 15.2. The van der Waals surface area contributed by atoms with Gasteiger partial charge in [0.2, 0.25) is 5.91 Å². The van der Waals surface area contributed by atoms with Gasteiger partial charge in [-0.3, -0.25) is 19.1 Å². The lowest BCUT2D eigenvalue weighted by Gasteiger charge is -2.14. The Hall–Kier alpha value is -2.70. The number of nitrogens with one attached hydrogen (secondary N) is 1. The van der Waals surface area contributed by atoms with Gasteiger partial charge in [-0.05, 0) is 38.5 Å². The summed E-state index contributed by atoms with van der Waals surface area (Å²) < 4.78 is 3.56. The van der Waals surface area contributed by atoms with Gasteiger partial charge in [0.1, 0.15) is 17.6 Å². The highest BCUT2D eigenvalue weighted by Gasteiger charge is 2.14. The molecular formula is C16H20N6O. The fourth-order valence-electron chi connectivity index (χ4n) is 2.63. The van der Waals surface area contributed by atoms with Gasteiger partial charge in [0.25, 0.3) is 0 Å². The Bertz CT molecular complexity index is 820. The van der Waals surface area contributed by atoms with Crippen molar-refractivity contribution in [3.8, 4) is 0 Å². The van der Waals surface area contributed by atoms with Gasteiger partial charge in [-0.15, -0.1) is 0 Å². The van der Waals surface area contributed by atoms with E-state index in [1.165, 1.54) is 0 Å². The molecule has 0 aliphatic rings. The van der Waals surface area contributed by atoms with E-state index in [1.54, 1.807) is 17.1 Å². The van der Waals surface area contributed by atoms with E-state index in [1.807, 2.05) is 43.8 Å². The van der Waals surface area contributed by atoms with Crippen molar-refractivity contribution in [2.75, 3.05) is 0 Å². The highest BCUT2D eigenvalue weighted by atomic mass is 16.2. The molecule has 0 saturated heterocycles. The summed E-state index contributed by atoms with van der Waals surface area (Å²) in [7, 11) is 0. The minimum absolute atomic E-state index is 0.0663. The monoisotopic (exact) mass is 312 g/mol. The van der Waals surface area contributed by atoms with Gasteiger partial charge in [0.15, 0.2) is 0 Å². The number of carbonyl (C=O) groups excluding carboxylic acids is 1. The second kappa shape index (κ2) is 6.20.